The lowest BCUT2D eigenvalue weighted by Crippen LogP contribution is -2.36. The molecule has 0 aliphatic carbocycles. The Morgan fingerprint density at radius 3 is 2.54 bits per heavy atom. The highest BCUT2D eigenvalue weighted by molar-refractivity contribution is 5.80. The van der Waals surface area contributed by atoms with Crippen LogP contribution < -0.4 is 10.1 Å². The second kappa shape index (κ2) is 8.69. The largest absolute Gasteiger partial charge is 0.481 e. The minimum Gasteiger partial charge on any atom is -0.481 e. The summed E-state index contributed by atoms with van der Waals surface area (Å²) in [5.74, 6) is 1.64. The molecule has 0 bridgehead atoms. The Hall–Kier alpha value is -3.15. The summed E-state index contributed by atoms with van der Waals surface area (Å²) in [5.41, 5.74) is 3.10. The Kier molecular flexibility index (Phi) is 6.09. The molecule has 1 heterocycles. The van der Waals surface area contributed by atoms with Crippen molar-refractivity contribution in [1.29, 1.82) is 0 Å². The van der Waals surface area contributed by atoms with Crippen LogP contribution in [0.1, 0.15) is 43.7 Å². The first kappa shape index (κ1) is 19.6. The van der Waals surface area contributed by atoms with Crippen molar-refractivity contribution in [3.63, 3.8) is 0 Å². The molecule has 0 saturated heterocycles. The van der Waals surface area contributed by atoms with Gasteiger partial charge in [0.05, 0.1) is 6.54 Å². The quantitative estimate of drug-likeness (QED) is 0.664. The number of hydrogen-bond acceptors (Lipinski definition) is 5. The number of aryl methyl sites for hydroxylation is 1. The number of aromatic nitrogens is 2. The van der Waals surface area contributed by atoms with Crippen molar-refractivity contribution in [2.45, 2.75) is 46.3 Å². The molecule has 1 amide bonds. The molecule has 28 heavy (non-hydrogen) atoms. The zero-order valence-electron chi connectivity index (χ0n) is 16.6. The molecule has 0 aliphatic rings. The summed E-state index contributed by atoms with van der Waals surface area (Å²) < 4.78 is 11.1. The van der Waals surface area contributed by atoms with Crippen LogP contribution in [0, 0.1) is 6.92 Å². The van der Waals surface area contributed by atoms with Crippen LogP contribution in [0.5, 0.6) is 5.75 Å². The van der Waals surface area contributed by atoms with Gasteiger partial charge in [0.25, 0.3) is 5.91 Å². The van der Waals surface area contributed by atoms with Gasteiger partial charge < -0.3 is 14.6 Å². The summed E-state index contributed by atoms with van der Waals surface area (Å²) in [4.78, 5) is 16.7. The molecule has 146 valence electrons. The molecule has 3 rings (SSSR count). The molecule has 3 aromatic rings. The van der Waals surface area contributed by atoms with Crippen LogP contribution >= 0.6 is 0 Å². The van der Waals surface area contributed by atoms with E-state index in [2.05, 4.69) is 29.3 Å². The van der Waals surface area contributed by atoms with Crippen LogP contribution in [-0.2, 0) is 11.3 Å². The topological polar surface area (TPSA) is 77.2 Å². The van der Waals surface area contributed by atoms with E-state index < -0.39 is 6.10 Å². The van der Waals surface area contributed by atoms with Crippen molar-refractivity contribution in [3.05, 3.63) is 65.5 Å². The van der Waals surface area contributed by atoms with Crippen LogP contribution in [0.4, 0.5) is 0 Å². The summed E-state index contributed by atoms with van der Waals surface area (Å²) in [6, 6.07) is 15.6. The fourth-order valence-corrected chi connectivity index (χ4v) is 2.76. The van der Waals surface area contributed by atoms with E-state index in [0.717, 1.165) is 22.4 Å². The third-order valence-corrected chi connectivity index (χ3v) is 4.41. The van der Waals surface area contributed by atoms with E-state index in [1.165, 1.54) is 0 Å². The number of hydrogen-bond donors (Lipinski definition) is 1. The van der Waals surface area contributed by atoms with Crippen molar-refractivity contribution in [2.75, 3.05) is 0 Å². The minimum atomic E-state index is -0.639. The van der Waals surface area contributed by atoms with Gasteiger partial charge in [0.15, 0.2) is 6.10 Å². The first-order valence-electron chi connectivity index (χ1n) is 9.37. The van der Waals surface area contributed by atoms with Crippen molar-refractivity contribution in [3.8, 4) is 17.1 Å². The Morgan fingerprint density at radius 1 is 1.11 bits per heavy atom. The van der Waals surface area contributed by atoms with E-state index in [1.54, 1.807) is 6.92 Å². The normalized spacial score (nSPS) is 12.0. The molecule has 0 fully saturated rings. The molecule has 0 unspecified atom stereocenters. The second-order valence-electron chi connectivity index (χ2n) is 7.05. The molecule has 0 spiro atoms. The molecule has 1 aromatic heterocycles. The number of para-hydroxylation sites is 1. The first-order chi connectivity index (χ1) is 13.4. The van der Waals surface area contributed by atoms with Crippen molar-refractivity contribution >= 4 is 5.91 Å². The highest BCUT2D eigenvalue weighted by Crippen LogP contribution is 2.26. The number of carbonyl (C=O) groups is 1. The van der Waals surface area contributed by atoms with Crippen molar-refractivity contribution in [2.24, 2.45) is 0 Å². The van der Waals surface area contributed by atoms with Gasteiger partial charge in [-0.3, -0.25) is 4.79 Å². The maximum absolute atomic E-state index is 12.4. The maximum atomic E-state index is 12.4. The van der Waals surface area contributed by atoms with Gasteiger partial charge >= 0.3 is 0 Å². The summed E-state index contributed by atoms with van der Waals surface area (Å²) >= 11 is 0. The maximum Gasteiger partial charge on any atom is 0.261 e. The van der Waals surface area contributed by atoms with Gasteiger partial charge in [0.2, 0.25) is 11.7 Å². The zero-order valence-corrected chi connectivity index (χ0v) is 16.6. The SMILES string of the molecule is Cc1ccc(-c2noc(CNC(=O)[C@@H](C)Oc3ccccc3C(C)C)n2)cc1. The van der Waals surface area contributed by atoms with E-state index >= 15 is 0 Å². The molecular weight excluding hydrogens is 354 g/mol. The molecule has 0 radical (unpaired) electrons. The van der Waals surface area contributed by atoms with Crippen LogP contribution in [0.15, 0.2) is 53.1 Å². The number of benzene rings is 2. The van der Waals surface area contributed by atoms with Crippen molar-refractivity contribution < 1.29 is 14.1 Å². The average Bonchev–Trinajstić information content (AvgIpc) is 3.16. The van der Waals surface area contributed by atoms with Gasteiger partial charge in [-0.25, -0.2) is 0 Å². The standard InChI is InChI=1S/C22H25N3O3/c1-14(2)18-7-5-6-8-19(18)27-16(4)22(26)23-13-20-24-21(25-28-20)17-11-9-15(3)10-12-17/h5-12,14,16H,13H2,1-4H3,(H,23,26)/t16-/m1/s1. The van der Waals surface area contributed by atoms with Crippen molar-refractivity contribution in [1.82, 2.24) is 15.5 Å². The number of ether oxygens (including phenoxy) is 1. The Labute approximate surface area is 164 Å². The molecule has 6 heteroatoms. The summed E-state index contributed by atoms with van der Waals surface area (Å²) in [5, 5.41) is 6.75. The third-order valence-electron chi connectivity index (χ3n) is 4.41. The van der Waals surface area contributed by atoms with E-state index in [1.807, 2.05) is 55.5 Å². The summed E-state index contributed by atoms with van der Waals surface area (Å²) in [6.45, 7) is 8.07. The van der Waals surface area contributed by atoms with Crippen LogP contribution in [0.25, 0.3) is 11.4 Å². The molecule has 6 nitrogen and oxygen atoms in total. The number of nitrogens with zero attached hydrogens (tertiary/aromatic N) is 2. The fraction of sp³-hybridized carbons (Fsp3) is 0.318. The van der Waals surface area contributed by atoms with Gasteiger partial charge in [0.1, 0.15) is 5.75 Å². The first-order valence-corrected chi connectivity index (χ1v) is 9.37. The summed E-state index contributed by atoms with van der Waals surface area (Å²) in [6.07, 6.45) is -0.639. The zero-order chi connectivity index (χ0) is 20.1. The summed E-state index contributed by atoms with van der Waals surface area (Å²) in [7, 11) is 0. The highest BCUT2D eigenvalue weighted by atomic mass is 16.5. The van der Waals surface area contributed by atoms with E-state index in [0.29, 0.717) is 17.6 Å². The van der Waals surface area contributed by atoms with Crippen LogP contribution in [0.2, 0.25) is 0 Å². The molecule has 1 N–H and O–H groups in total. The van der Waals surface area contributed by atoms with E-state index in [-0.39, 0.29) is 12.5 Å². The number of amides is 1. The Balaban J connectivity index is 1.58. The van der Waals surface area contributed by atoms with Gasteiger partial charge in [0, 0.05) is 5.56 Å². The van der Waals surface area contributed by atoms with Gasteiger partial charge in [-0.2, -0.15) is 4.98 Å². The Morgan fingerprint density at radius 2 is 1.82 bits per heavy atom. The molecule has 1 atom stereocenters. The fourth-order valence-electron chi connectivity index (χ4n) is 2.76. The van der Waals surface area contributed by atoms with Gasteiger partial charge in [-0.15, -0.1) is 0 Å². The minimum absolute atomic E-state index is 0.150. The van der Waals surface area contributed by atoms with Gasteiger partial charge in [-0.1, -0.05) is 67.0 Å². The third kappa shape index (κ3) is 4.76. The van der Waals surface area contributed by atoms with Crippen LogP contribution in [-0.4, -0.2) is 22.2 Å². The average molecular weight is 379 g/mol. The van der Waals surface area contributed by atoms with Crippen LogP contribution in [0.3, 0.4) is 0 Å². The molecule has 0 aliphatic heterocycles. The number of carbonyl (C=O) groups excluding carboxylic acids is 1. The second-order valence-corrected chi connectivity index (χ2v) is 7.05. The Bertz CT molecular complexity index is 932. The molecular formula is C22H25N3O3. The lowest BCUT2D eigenvalue weighted by Gasteiger charge is -2.18. The molecule has 0 saturated carbocycles. The predicted molar refractivity (Wildman–Crippen MR) is 107 cm³/mol. The lowest BCUT2D eigenvalue weighted by atomic mass is 10.0. The number of rotatable bonds is 7. The van der Waals surface area contributed by atoms with Gasteiger partial charge in [-0.05, 0) is 31.4 Å². The highest BCUT2D eigenvalue weighted by Gasteiger charge is 2.18. The predicted octanol–water partition coefficient (Wildman–Crippen LogP) is 4.25. The smallest absolute Gasteiger partial charge is 0.261 e. The monoisotopic (exact) mass is 379 g/mol. The molecule has 2 aromatic carbocycles. The van der Waals surface area contributed by atoms with E-state index in [4.69, 9.17) is 9.26 Å². The lowest BCUT2D eigenvalue weighted by molar-refractivity contribution is -0.127. The number of nitrogens with one attached hydrogen (secondary N) is 1. The van der Waals surface area contributed by atoms with E-state index in [9.17, 15) is 4.79 Å².